The van der Waals surface area contributed by atoms with Gasteiger partial charge in [0.2, 0.25) is 10.0 Å². The summed E-state index contributed by atoms with van der Waals surface area (Å²) in [4.78, 5) is 12.4. The van der Waals surface area contributed by atoms with Gasteiger partial charge in [0.1, 0.15) is 0 Å². The Balaban J connectivity index is 1.89. The molecule has 0 spiro atoms. The number of nitrogens with one attached hydrogen (secondary N) is 3. The summed E-state index contributed by atoms with van der Waals surface area (Å²) in [7, 11) is -0.596. The highest BCUT2D eigenvalue weighted by Crippen LogP contribution is 2.29. The van der Waals surface area contributed by atoms with E-state index in [2.05, 4.69) is 30.0 Å². The van der Waals surface area contributed by atoms with Crippen molar-refractivity contribution in [3.8, 4) is 0 Å². The molecule has 0 heterocycles. The fourth-order valence-electron chi connectivity index (χ4n) is 3.16. The molecule has 9 heteroatoms. The Morgan fingerprint density at radius 3 is 2.33 bits per heavy atom. The smallest absolute Gasteiger partial charge is 0.269 e. The van der Waals surface area contributed by atoms with Crippen molar-refractivity contribution in [2.45, 2.75) is 44.0 Å². The van der Waals surface area contributed by atoms with Gasteiger partial charge in [0, 0.05) is 25.7 Å². The van der Waals surface area contributed by atoms with Crippen LogP contribution in [0, 0.1) is 11.8 Å². The number of benzene rings is 1. The molecule has 2 rings (SSSR count). The Morgan fingerprint density at radius 1 is 1.11 bits per heavy atom. The number of sulfonamides is 1. The molecule has 1 saturated carbocycles. The Labute approximate surface area is 166 Å². The summed E-state index contributed by atoms with van der Waals surface area (Å²) in [5.74, 6) is 0.768. The monoisotopic (exact) mass is 412 g/mol. The fraction of sp³-hybridized carbons (Fsp3) is 0.556. The van der Waals surface area contributed by atoms with Gasteiger partial charge in [0.25, 0.3) is 5.91 Å². The Morgan fingerprint density at radius 2 is 1.74 bits per heavy atom. The molecule has 0 radical (unpaired) electrons. The molecule has 7 nitrogen and oxygen atoms in total. The molecule has 1 aromatic carbocycles. The molecule has 1 aliphatic carbocycles. The van der Waals surface area contributed by atoms with Crippen molar-refractivity contribution >= 4 is 33.3 Å². The van der Waals surface area contributed by atoms with E-state index in [1.165, 1.54) is 51.2 Å². The van der Waals surface area contributed by atoms with E-state index in [0.29, 0.717) is 28.6 Å². The highest BCUT2D eigenvalue weighted by Gasteiger charge is 2.27. The summed E-state index contributed by atoms with van der Waals surface area (Å²) in [6.45, 7) is 4.46. The van der Waals surface area contributed by atoms with Gasteiger partial charge in [0.15, 0.2) is 5.11 Å². The molecule has 3 atom stereocenters. The van der Waals surface area contributed by atoms with Gasteiger partial charge in [-0.25, -0.2) is 12.7 Å². The zero-order valence-electron chi connectivity index (χ0n) is 16.2. The zero-order chi connectivity index (χ0) is 20.2. The molecule has 1 aromatic rings. The molecule has 150 valence electrons. The third-order valence-electron chi connectivity index (χ3n) is 5.21. The lowest BCUT2D eigenvalue weighted by atomic mass is 9.78. The Kier molecular flexibility index (Phi) is 7.19. The lowest BCUT2D eigenvalue weighted by molar-refractivity contribution is 0.0943. The second-order valence-electron chi connectivity index (χ2n) is 7.24. The van der Waals surface area contributed by atoms with E-state index >= 15 is 0 Å². The van der Waals surface area contributed by atoms with Crippen LogP contribution in [0.3, 0.4) is 0 Å². The van der Waals surface area contributed by atoms with Crippen LogP contribution in [0.4, 0.5) is 0 Å². The maximum absolute atomic E-state index is 12.2. The van der Waals surface area contributed by atoms with Crippen LogP contribution in [-0.4, -0.2) is 43.9 Å². The summed E-state index contributed by atoms with van der Waals surface area (Å²) >= 11 is 5.27. The molecule has 1 fully saturated rings. The molecular weight excluding hydrogens is 384 g/mol. The van der Waals surface area contributed by atoms with Crippen LogP contribution in [0.1, 0.15) is 43.5 Å². The van der Waals surface area contributed by atoms with Gasteiger partial charge >= 0.3 is 0 Å². The van der Waals surface area contributed by atoms with Gasteiger partial charge in [-0.05, 0) is 54.7 Å². The molecule has 1 aliphatic rings. The predicted molar refractivity (Wildman–Crippen MR) is 110 cm³/mol. The summed E-state index contributed by atoms with van der Waals surface area (Å²) in [6, 6.07) is 6.04. The van der Waals surface area contributed by atoms with Crippen molar-refractivity contribution < 1.29 is 13.2 Å². The molecule has 27 heavy (non-hydrogen) atoms. The predicted octanol–water partition coefficient (Wildman–Crippen LogP) is 1.87. The second kappa shape index (κ2) is 8.99. The SMILES string of the molecule is C[C@@H]1[C@H](C)CCC[C@H]1NC(=S)NNC(=O)c1ccc(S(=O)(=O)N(C)C)cc1. The van der Waals surface area contributed by atoms with E-state index in [9.17, 15) is 13.2 Å². The van der Waals surface area contributed by atoms with E-state index in [-0.39, 0.29) is 4.90 Å². The summed E-state index contributed by atoms with van der Waals surface area (Å²) in [5, 5.41) is 3.64. The van der Waals surface area contributed by atoms with E-state index < -0.39 is 15.9 Å². The minimum atomic E-state index is -3.52. The number of amides is 1. The first-order valence-electron chi connectivity index (χ1n) is 9.02. The topological polar surface area (TPSA) is 90.5 Å². The quantitative estimate of drug-likeness (QED) is 0.517. The first-order chi connectivity index (χ1) is 12.6. The maximum Gasteiger partial charge on any atom is 0.269 e. The van der Waals surface area contributed by atoms with Crippen LogP contribution in [0.15, 0.2) is 29.2 Å². The van der Waals surface area contributed by atoms with Crippen LogP contribution in [-0.2, 0) is 10.0 Å². The highest BCUT2D eigenvalue weighted by molar-refractivity contribution is 7.89. The van der Waals surface area contributed by atoms with Gasteiger partial charge in [-0.3, -0.25) is 15.6 Å². The third kappa shape index (κ3) is 5.40. The lowest BCUT2D eigenvalue weighted by Crippen LogP contribution is -2.52. The molecule has 1 amide bonds. The number of rotatable bonds is 4. The van der Waals surface area contributed by atoms with Crippen molar-refractivity contribution in [3.05, 3.63) is 29.8 Å². The average Bonchev–Trinajstić information content (AvgIpc) is 2.63. The van der Waals surface area contributed by atoms with E-state index in [4.69, 9.17) is 12.2 Å². The average molecular weight is 413 g/mol. The standard InChI is InChI=1S/C18H28N4O3S2/c1-12-6-5-7-16(13(12)2)19-18(26)21-20-17(23)14-8-10-15(11-9-14)27(24,25)22(3)4/h8-13,16H,5-7H2,1-4H3,(H,20,23)(H2,19,21,26)/t12-,13-,16-/m1/s1. The molecule has 3 N–H and O–H groups in total. The van der Waals surface area contributed by atoms with Gasteiger partial charge in [-0.15, -0.1) is 0 Å². The van der Waals surface area contributed by atoms with Crippen molar-refractivity contribution in [3.63, 3.8) is 0 Å². The number of thiocarbonyl (C=S) groups is 1. The maximum atomic E-state index is 12.2. The van der Waals surface area contributed by atoms with E-state index in [1.807, 2.05) is 0 Å². The molecule has 0 bridgehead atoms. The molecular formula is C18H28N4O3S2. The molecule has 0 aliphatic heterocycles. The minimum absolute atomic E-state index is 0.134. The van der Waals surface area contributed by atoms with Crippen LogP contribution >= 0.6 is 12.2 Å². The molecule has 0 saturated heterocycles. The van der Waals surface area contributed by atoms with E-state index in [0.717, 1.165) is 10.7 Å². The first kappa shape index (κ1) is 21.6. The number of hydrogen-bond donors (Lipinski definition) is 3. The largest absolute Gasteiger partial charge is 0.358 e. The number of hydrazine groups is 1. The van der Waals surface area contributed by atoms with Crippen LogP contribution < -0.4 is 16.2 Å². The first-order valence-corrected chi connectivity index (χ1v) is 10.9. The Hall–Kier alpha value is -1.71. The summed E-state index contributed by atoms with van der Waals surface area (Å²) in [5.41, 5.74) is 5.60. The molecule has 0 aromatic heterocycles. The second-order valence-corrected chi connectivity index (χ2v) is 9.80. The van der Waals surface area contributed by atoms with E-state index in [1.54, 1.807) is 0 Å². The summed E-state index contributed by atoms with van der Waals surface area (Å²) in [6.07, 6.45) is 3.46. The van der Waals surface area contributed by atoms with Crippen molar-refractivity contribution in [2.24, 2.45) is 11.8 Å². The zero-order valence-corrected chi connectivity index (χ0v) is 17.8. The van der Waals surface area contributed by atoms with Crippen LogP contribution in [0.5, 0.6) is 0 Å². The lowest BCUT2D eigenvalue weighted by Gasteiger charge is -2.35. The number of carbonyl (C=O) groups excluding carboxylic acids is 1. The van der Waals surface area contributed by atoms with Crippen molar-refractivity contribution in [1.82, 2.24) is 20.5 Å². The minimum Gasteiger partial charge on any atom is -0.358 e. The van der Waals surface area contributed by atoms with Gasteiger partial charge in [-0.2, -0.15) is 0 Å². The highest BCUT2D eigenvalue weighted by atomic mass is 32.2. The van der Waals surface area contributed by atoms with Gasteiger partial charge in [-0.1, -0.05) is 26.7 Å². The van der Waals surface area contributed by atoms with Crippen LogP contribution in [0.25, 0.3) is 0 Å². The number of carbonyl (C=O) groups is 1. The fourth-order valence-corrected chi connectivity index (χ4v) is 4.27. The molecule has 0 unspecified atom stereocenters. The normalized spacial score (nSPS) is 22.9. The summed E-state index contributed by atoms with van der Waals surface area (Å²) < 4.78 is 25.2. The number of hydrogen-bond acceptors (Lipinski definition) is 4. The van der Waals surface area contributed by atoms with Crippen molar-refractivity contribution in [1.29, 1.82) is 0 Å². The van der Waals surface area contributed by atoms with Gasteiger partial charge in [0.05, 0.1) is 4.90 Å². The van der Waals surface area contributed by atoms with Crippen LogP contribution in [0.2, 0.25) is 0 Å². The Bertz CT molecular complexity index is 778. The van der Waals surface area contributed by atoms with Gasteiger partial charge < -0.3 is 5.32 Å². The number of nitrogens with zero attached hydrogens (tertiary/aromatic N) is 1. The third-order valence-corrected chi connectivity index (χ3v) is 7.26. The van der Waals surface area contributed by atoms with Crippen molar-refractivity contribution in [2.75, 3.05) is 14.1 Å².